The van der Waals surface area contributed by atoms with Crippen molar-refractivity contribution in [3.63, 3.8) is 0 Å². The molecule has 2 heterocycles. The van der Waals surface area contributed by atoms with Crippen LogP contribution in [0.25, 0.3) is 11.3 Å². The van der Waals surface area contributed by atoms with Crippen molar-refractivity contribution in [2.75, 3.05) is 13.1 Å². The lowest BCUT2D eigenvalue weighted by molar-refractivity contribution is -0.384. The summed E-state index contributed by atoms with van der Waals surface area (Å²) in [4.78, 5) is 25.9. The van der Waals surface area contributed by atoms with Crippen LogP contribution < -0.4 is 10.1 Å². The molecule has 206 valence electrons. The van der Waals surface area contributed by atoms with Gasteiger partial charge in [-0.25, -0.2) is 0 Å². The van der Waals surface area contributed by atoms with Crippen LogP contribution in [-0.2, 0) is 0 Å². The number of nitro benzene ring substituents is 1. The zero-order valence-corrected chi connectivity index (χ0v) is 21.7. The molecule has 1 saturated carbocycles. The van der Waals surface area contributed by atoms with E-state index in [-0.39, 0.29) is 57.7 Å². The van der Waals surface area contributed by atoms with E-state index in [1.54, 1.807) is 0 Å². The smallest absolute Gasteiger partial charge is 0.273 e. The number of ether oxygens (including phenoxy) is 1. The zero-order valence-electron chi connectivity index (χ0n) is 21.7. The topological polar surface area (TPSA) is 151 Å². The monoisotopic (exact) mass is 536 g/mol. The van der Waals surface area contributed by atoms with Gasteiger partial charge in [-0.15, -0.1) is 0 Å². The number of hydrogen-bond acceptors (Lipinski definition) is 9. The number of piperidine rings is 1. The van der Waals surface area contributed by atoms with Gasteiger partial charge in [0.05, 0.1) is 4.92 Å². The third kappa shape index (κ3) is 6.14. The highest BCUT2D eigenvalue weighted by atomic mass is 16.6. The van der Waals surface area contributed by atoms with Gasteiger partial charge in [0, 0.05) is 55.5 Å². The number of nitro groups is 1. The largest absolute Gasteiger partial charge is 0.508 e. The van der Waals surface area contributed by atoms with Crippen molar-refractivity contribution in [1.29, 1.82) is 0 Å². The van der Waals surface area contributed by atoms with Crippen molar-refractivity contribution in [2.45, 2.75) is 57.5 Å². The molecule has 2 aromatic carbocycles. The van der Waals surface area contributed by atoms with Crippen LogP contribution in [0.4, 0.5) is 5.69 Å². The Morgan fingerprint density at radius 2 is 1.77 bits per heavy atom. The number of carbonyl (C=O) groups excluding carboxylic acids is 1. The molecule has 1 aliphatic heterocycles. The minimum absolute atomic E-state index is 0.0222. The molecule has 1 saturated heterocycles. The van der Waals surface area contributed by atoms with E-state index in [1.165, 1.54) is 62.1 Å². The Morgan fingerprint density at radius 3 is 2.44 bits per heavy atom. The van der Waals surface area contributed by atoms with Gasteiger partial charge in [-0.2, -0.15) is 0 Å². The highest BCUT2D eigenvalue weighted by molar-refractivity contribution is 5.93. The van der Waals surface area contributed by atoms with Crippen LogP contribution in [0, 0.1) is 16.0 Å². The molecule has 2 aliphatic rings. The van der Waals surface area contributed by atoms with Gasteiger partial charge >= 0.3 is 0 Å². The molecule has 2 fully saturated rings. The Hall–Kier alpha value is -4.12. The normalized spacial score (nSPS) is 20.4. The number of aromatic nitrogens is 1. The molecule has 0 spiro atoms. The van der Waals surface area contributed by atoms with Crippen LogP contribution >= 0.6 is 0 Å². The van der Waals surface area contributed by atoms with Crippen molar-refractivity contribution < 1.29 is 29.2 Å². The average Bonchev–Trinajstić information content (AvgIpc) is 3.39. The number of hydrogen-bond donors (Lipinski definition) is 3. The molecule has 1 amide bonds. The van der Waals surface area contributed by atoms with Gasteiger partial charge in [-0.3, -0.25) is 14.9 Å². The molecule has 11 nitrogen and oxygen atoms in total. The van der Waals surface area contributed by atoms with Crippen LogP contribution in [0.3, 0.4) is 0 Å². The van der Waals surface area contributed by atoms with E-state index in [9.17, 15) is 25.1 Å². The van der Waals surface area contributed by atoms with E-state index in [4.69, 9.17) is 9.26 Å². The summed E-state index contributed by atoms with van der Waals surface area (Å²) in [7, 11) is 0. The van der Waals surface area contributed by atoms with E-state index in [0.717, 1.165) is 37.9 Å². The molecule has 1 aliphatic carbocycles. The van der Waals surface area contributed by atoms with E-state index in [2.05, 4.69) is 22.3 Å². The number of phenolic OH excluding ortho intramolecular Hbond substituents is 2. The molecule has 39 heavy (non-hydrogen) atoms. The van der Waals surface area contributed by atoms with Gasteiger partial charge in [-0.05, 0) is 56.6 Å². The maximum absolute atomic E-state index is 12.9. The average molecular weight is 537 g/mol. The number of aromatic hydroxyl groups is 2. The SMILES string of the molecule is CC1CCC(N2CCC(NC(=O)c3cc(-c4c(O)cc(O)cc4Oc4ccc([N+](=O)[O-])cc4)on3)CC2)CC1. The number of benzene rings is 2. The second-order valence-electron chi connectivity index (χ2n) is 10.5. The quantitative estimate of drug-likeness (QED) is 0.272. The number of carbonyl (C=O) groups is 1. The Kier molecular flexibility index (Phi) is 7.69. The first-order chi connectivity index (χ1) is 18.8. The van der Waals surface area contributed by atoms with Gasteiger partial charge < -0.3 is 29.7 Å². The summed E-state index contributed by atoms with van der Waals surface area (Å²) in [5.74, 6) is 0.160. The fraction of sp³-hybridized carbons (Fsp3) is 0.429. The van der Waals surface area contributed by atoms with E-state index in [1.807, 2.05) is 0 Å². The molecule has 5 rings (SSSR count). The van der Waals surface area contributed by atoms with Crippen molar-refractivity contribution in [3.05, 3.63) is 58.3 Å². The summed E-state index contributed by atoms with van der Waals surface area (Å²) >= 11 is 0. The van der Waals surface area contributed by atoms with Crippen molar-refractivity contribution in [1.82, 2.24) is 15.4 Å². The predicted octanol–water partition coefficient (Wildman–Crippen LogP) is 5.23. The van der Waals surface area contributed by atoms with Gasteiger partial charge in [0.15, 0.2) is 11.5 Å². The van der Waals surface area contributed by atoms with Gasteiger partial charge in [0.2, 0.25) is 0 Å². The predicted molar refractivity (Wildman–Crippen MR) is 142 cm³/mol. The van der Waals surface area contributed by atoms with Gasteiger partial charge in [-0.1, -0.05) is 12.1 Å². The molecule has 0 bridgehead atoms. The lowest BCUT2D eigenvalue weighted by atomic mass is 9.85. The molecule has 1 aromatic heterocycles. The first-order valence-electron chi connectivity index (χ1n) is 13.3. The number of nitrogens with one attached hydrogen (secondary N) is 1. The zero-order chi connectivity index (χ0) is 27.5. The third-order valence-electron chi connectivity index (χ3n) is 7.70. The standard InChI is InChI=1S/C28H32N4O7/c1-17-2-4-19(5-3-17)31-12-10-18(11-13-31)29-28(35)23-16-26(39-30-23)27-24(34)14-21(33)15-25(27)38-22-8-6-20(7-9-22)32(36)37/h6-9,14-19,33-34H,2-5,10-13H2,1H3,(H,29,35). The Bertz CT molecular complexity index is 1320. The first kappa shape index (κ1) is 26.5. The third-order valence-corrected chi connectivity index (χ3v) is 7.70. The second kappa shape index (κ2) is 11.3. The number of rotatable bonds is 7. The molecular formula is C28H32N4O7. The summed E-state index contributed by atoms with van der Waals surface area (Å²) < 4.78 is 11.2. The summed E-state index contributed by atoms with van der Waals surface area (Å²) in [6.07, 6.45) is 6.81. The van der Waals surface area contributed by atoms with Crippen LogP contribution in [0.15, 0.2) is 47.0 Å². The second-order valence-corrected chi connectivity index (χ2v) is 10.5. The van der Waals surface area contributed by atoms with Crippen molar-refractivity contribution >= 4 is 11.6 Å². The van der Waals surface area contributed by atoms with Gasteiger partial charge in [0.25, 0.3) is 11.6 Å². The lowest BCUT2D eigenvalue weighted by Crippen LogP contribution is -2.48. The van der Waals surface area contributed by atoms with Gasteiger partial charge in [0.1, 0.15) is 28.6 Å². The molecule has 11 heteroatoms. The summed E-state index contributed by atoms with van der Waals surface area (Å²) in [6, 6.07) is 9.80. The number of phenols is 2. The van der Waals surface area contributed by atoms with Crippen LogP contribution in [0.2, 0.25) is 0 Å². The van der Waals surface area contributed by atoms with Crippen molar-refractivity contribution in [3.8, 4) is 34.3 Å². The summed E-state index contributed by atoms with van der Waals surface area (Å²) in [5.41, 5.74) is 0.0248. The van der Waals surface area contributed by atoms with E-state index in [0.29, 0.717) is 6.04 Å². The molecule has 0 atom stereocenters. The first-order valence-corrected chi connectivity index (χ1v) is 13.3. The summed E-state index contributed by atoms with van der Waals surface area (Å²) in [5, 5.41) is 38.4. The highest BCUT2D eigenvalue weighted by Gasteiger charge is 2.29. The van der Waals surface area contributed by atoms with Crippen molar-refractivity contribution in [2.24, 2.45) is 5.92 Å². The molecule has 0 unspecified atom stereocenters. The Morgan fingerprint density at radius 1 is 1.08 bits per heavy atom. The number of likely N-dealkylation sites (tertiary alicyclic amines) is 1. The fourth-order valence-corrected chi connectivity index (χ4v) is 5.45. The molecule has 0 radical (unpaired) electrons. The maximum Gasteiger partial charge on any atom is 0.273 e. The van der Waals surface area contributed by atoms with Crippen LogP contribution in [0.1, 0.15) is 55.9 Å². The van der Waals surface area contributed by atoms with E-state index < -0.39 is 4.92 Å². The Balaban J connectivity index is 1.25. The lowest BCUT2D eigenvalue weighted by Gasteiger charge is -2.40. The number of nitrogens with zero attached hydrogens (tertiary/aromatic N) is 3. The fourth-order valence-electron chi connectivity index (χ4n) is 5.45. The number of non-ortho nitro benzene ring substituents is 1. The summed E-state index contributed by atoms with van der Waals surface area (Å²) in [6.45, 7) is 4.24. The highest BCUT2D eigenvalue weighted by Crippen LogP contribution is 2.43. The number of amides is 1. The maximum atomic E-state index is 12.9. The van der Waals surface area contributed by atoms with Crippen LogP contribution in [-0.4, -0.2) is 56.3 Å². The molecular weight excluding hydrogens is 504 g/mol. The van der Waals surface area contributed by atoms with E-state index >= 15 is 0 Å². The molecule has 3 aromatic rings. The minimum Gasteiger partial charge on any atom is -0.508 e. The minimum atomic E-state index is -0.531. The molecule has 3 N–H and O–H groups in total. The van der Waals surface area contributed by atoms with Crippen LogP contribution in [0.5, 0.6) is 23.0 Å². The Labute approximate surface area is 225 Å².